The van der Waals surface area contributed by atoms with Gasteiger partial charge in [0.25, 0.3) is 0 Å². The summed E-state index contributed by atoms with van der Waals surface area (Å²) < 4.78 is 6.58. The fourth-order valence-corrected chi connectivity index (χ4v) is 2.99. The fraction of sp³-hybridized carbons (Fsp3) is 0.143. The first-order chi connectivity index (χ1) is 9.69. The molecule has 3 aromatic rings. The Kier molecular flexibility index (Phi) is 3.46. The van der Waals surface area contributed by atoms with Crippen molar-refractivity contribution in [1.82, 2.24) is 9.38 Å². The monoisotopic (exact) mass is 306 g/mol. The van der Waals surface area contributed by atoms with Crippen molar-refractivity contribution in [2.24, 2.45) is 0 Å². The predicted octanol–water partition coefficient (Wildman–Crippen LogP) is 3.43. The number of methoxy groups -OCH3 is 1. The lowest BCUT2D eigenvalue weighted by Crippen LogP contribution is -2.04. The molecule has 0 radical (unpaired) electrons. The first-order valence-corrected chi connectivity index (χ1v) is 7.22. The lowest BCUT2D eigenvalue weighted by atomic mass is 10.2. The molecule has 0 saturated carbocycles. The topological polar surface area (TPSA) is 43.6 Å². The first-order valence-electron chi connectivity index (χ1n) is 5.96. The van der Waals surface area contributed by atoms with Crippen molar-refractivity contribution >= 4 is 34.4 Å². The van der Waals surface area contributed by atoms with Crippen LogP contribution < -0.4 is 0 Å². The molecule has 0 fully saturated rings. The fourth-order valence-electron chi connectivity index (χ4n) is 2.04. The maximum atomic E-state index is 11.6. The molecule has 0 amide bonds. The second-order valence-electron chi connectivity index (χ2n) is 4.24. The Hall–Kier alpha value is -1.85. The minimum Gasteiger partial charge on any atom is -0.465 e. The number of carbonyl (C=O) groups is 1. The van der Waals surface area contributed by atoms with Gasteiger partial charge in [-0.3, -0.25) is 0 Å². The molecular formula is C14H11ClN2O2S. The Morgan fingerprint density at radius 1 is 1.45 bits per heavy atom. The number of hydrogen-bond donors (Lipinski definition) is 0. The molecule has 3 rings (SSSR count). The molecule has 6 heteroatoms. The number of ether oxygens (including phenoxy) is 1. The van der Waals surface area contributed by atoms with E-state index in [9.17, 15) is 4.79 Å². The largest absolute Gasteiger partial charge is 0.465 e. The summed E-state index contributed by atoms with van der Waals surface area (Å²) in [6, 6.07) is 7.50. The van der Waals surface area contributed by atoms with Gasteiger partial charge in [0.05, 0.1) is 18.2 Å². The van der Waals surface area contributed by atoms with E-state index in [4.69, 9.17) is 16.3 Å². The van der Waals surface area contributed by atoms with Crippen LogP contribution in [0.3, 0.4) is 0 Å². The Bertz CT molecular complexity index is 765. The summed E-state index contributed by atoms with van der Waals surface area (Å²) in [5, 5.41) is 2.46. The smallest absolute Gasteiger partial charge is 0.339 e. The van der Waals surface area contributed by atoms with Gasteiger partial charge in [-0.25, -0.2) is 9.78 Å². The molecule has 0 atom stereocenters. The highest BCUT2D eigenvalue weighted by Crippen LogP contribution is 2.22. The van der Waals surface area contributed by atoms with Crippen molar-refractivity contribution in [2.45, 2.75) is 6.42 Å². The van der Waals surface area contributed by atoms with Crippen molar-refractivity contribution in [3.63, 3.8) is 0 Å². The van der Waals surface area contributed by atoms with Gasteiger partial charge in [0.15, 0.2) is 5.15 Å². The van der Waals surface area contributed by atoms with E-state index in [0.29, 0.717) is 17.1 Å². The minimum atomic E-state index is -0.376. The molecular weight excluding hydrogens is 296 g/mol. The summed E-state index contributed by atoms with van der Waals surface area (Å²) in [5.41, 5.74) is 1.26. The van der Waals surface area contributed by atoms with Crippen LogP contribution in [0.4, 0.5) is 0 Å². The van der Waals surface area contributed by atoms with Crippen LogP contribution in [0.25, 0.3) is 5.52 Å². The van der Waals surface area contributed by atoms with Crippen LogP contribution >= 0.6 is 22.9 Å². The second kappa shape index (κ2) is 5.26. The van der Waals surface area contributed by atoms with Crippen LogP contribution in [-0.4, -0.2) is 22.5 Å². The van der Waals surface area contributed by atoms with Crippen molar-refractivity contribution in [3.05, 3.63) is 57.3 Å². The van der Waals surface area contributed by atoms with Gasteiger partial charge in [0.2, 0.25) is 0 Å². The zero-order valence-corrected chi connectivity index (χ0v) is 12.2. The molecule has 0 bridgehead atoms. The number of rotatable bonds is 3. The van der Waals surface area contributed by atoms with E-state index in [1.165, 1.54) is 12.0 Å². The SMILES string of the molecule is COC(=O)c1ccc2c(Cl)nc(Cc3cccs3)n2c1. The maximum Gasteiger partial charge on any atom is 0.339 e. The number of aromatic nitrogens is 2. The molecule has 3 aromatic heterocycles. The summed E-state index contributed by atoms with van der Waals surface area (Å²) in [6.07, 6.45) is 2.39. The summed E-state index contributed by atoms with van der Waals surface area (Å²) in [7, 11) is 1.36. The first kappa shape index (κ1) is 13.1. The molecule has 0 N–H and O–H groups in total. The van der Waals surface area contributed by atoms with Gasteiger partial charge < -0.3 is 9.14 Å². The molecule has 3 heterocycles. The molecule has 102 valence electrons. The Morgan fingerprint density at radius 3 is 3.00 bits per heavy atom. The number of carbonyl (C=O) groups excluding carboxylic acids is 1. The van der Waals surface area contributed by atoms with Crippen LogP contribution in [0.5, 0.6) is 0 Å². The van der Waals surface area contributed by atoms with Crippen LogP contribution in [0.2, 0.25) is 5.15 Å². The lowest BCUT2D eigenvalue weighted by molar-refractivity contribution is 0.0600. The average molecular weight is 307 g/mol. The van der Waals surface area contributed by atoms with Gasteiger partial charge in [-0.15, -0.1) is 11.3 Å². The van der Waals surface area contributed by atoms with E-state index in [0.717, 1.165) is 11.3 Å². The summed E-state index contributed by atoms with van der Waals surface area (Å²) >= 11 is 7.80. The van der Waals surface area contributed by atoms with Crippen LogP contribution in [0.15, 0.2) is 35.8 Å². The van der Waals surface area contributed by atoms with Gasteiger partial charge in [-0.2, -0.15) is 0 Å². The van der Waals surface area contributed by atoms with E-state index < -0.39 is 0 Å². The van der Waals surface area contributed by atoms with Crippen molar-refractivity contribution in [3.8, 4) is 0 Å². The molecule has 0 saturated heterocycles. The zero-order chi connectivity index (χ0) is 14.1. The molecule has 0 aliphatic rings. The quantitative estimate of drug-likeness (QED) is 0.696. The molecule has 0 unspecified atom stereocenters. The normalized spacial score (nSPS) is 10.9. The number of pyridine rings is 1. The van der Waals surface area contributed by atoms with Gasteiger partial charge >= 0.3 is 5.97 Å². The average Bonchev–Trinajstić information content (AvgIpc) is 3.07. The molecule has 20 heavy (non-hydrogen) atoms. The molecule has 4 nitrogen and oxygen atoms in total. The number of nitrogens with zero attached hydrogens (tertiary/aromatic N) is 2. The van der Waals surface area contributed by atoms with E-state index in [1.807, 2.05) is 21.9 Å². The second-order valence-corrected chi connectivity index (χ2v) is 5.63. The molecule has 0 aliphatic carbocycles. The van der Waals surface area contributed by atoms with Gasteiger partial charge in [-0.1, -0.05) is 17.7 Å². The number of fused-ring (bicyclic) bond motifs is 1. The standard InChI is InChI=1S/C14H11ClN2O2S/c1-19-14(18)9-4-5-11-13(15)16-12(17(11)8-9)7-10-3-2-6-20-10/h2-6,8H,7H2,1H3. The van der Waals surface area contributed by atoms with E-state index >= 15 is 0 Å². The Balaban J connectivity index is 2.09. The van der Waals surface area contributed by atoms with Gasteiger partial charge in [-0.05, 0) is 23.6 Å². The maximum absolute atomic E-state index is 11.6. The van der Waals surface area contributed by atoms with E-state index in [1.54, 1.807) is 29.7 Å². The number of halogens is 1. The number of esters is 1. The van der Waals surface area contributed by atoms with Crippen LogP contribution in [0.1, 0.15) is 21.1 Å². The summed E-state index contributed by atoms with van der Waals surface area (Å²) in [5.74, 6) is 0.428. The third kappa shape index (κ3) is 2.30. The minimum absolute atomic E-state index is 0.376. The number of hydrogen-bond acceptors (Lipinski definition) is 4. The third-order valence-electron chi connectivity index (χ3n) is 3.00. The lowest BCUT2D eigenvalue weighted by Gasteiger charge is -2.03. The highest BCUT2D eigenvalue weighted by Gasteiger charge is 2.13. The third-order valence-corrected chi connectivity index (χ3v) is 4.15. The van der Waals surface area contributed by atoms with Crippen molar-refractivity contribution < 1.29 is 9.53 Å². The van der Waals surface area contributed by atoms with Crippen molar-refractivity contribution in [1.29, 1.82) is 0 Å². The molecule has 0 spiro atoms. The van der Waals surface area contributed by atoms with Gasteiger partial charge in [0.1, 0.15) is 5.82 Å². The van der Waals surface area contributed by atoms with Gasteiger partial charge in [0, 0.05) is 17.5 Å². The van der Waals surface area contributed by atoms with E-state index in [2.05, 4.69) is 4.98 Å². The molecule has 0 aliphatic heterocycles. The summed E-state index contributed by atoms with van der Waals surface area (Å²) in [6.45, 7) is 0. The summed E-state index contributed by atoms with van der Waals surface area (Å²) in [4.78, 5) is 17.2. The number of imidazole rings is 1. The van der Waals surface area contributed by atoms with E-state index in [-0.39, 0.29) is 5.97 Å². The van der Waals surface area contributed by atoms with Crippen molar-refractivity contribution in [2.75, 3.05) is 7.11 Å². The number of thiophene rings is 1. The highest BCUT2D eigenvalue weighted by molar-refractivity contribution is 7.09. The Morgan fingerprint density at radius 2 is 2.30 bits per heavy atom. The van der Waals surface area contributed by atoms with Crippen LogP contribution in [0, 0.1) is 0 Å². The van der Waals surface area contributed by atoms with Crippen LogP contribution in [-0.2, 0) is 11.2 Å². The zero-order valence-electron chi connectivity index (χ0n) is 10.7. The Labute approximate surface area is 124 Å². The molecule has 0 aromatic carbocycles. The highest BCUT2D eigenvalue weighted by atomic mass is 35.5. The predicted molar refractivity (Wildman–Crippen MR) is 78.7 cm³/mol.